The third kappa shape index (κ3) is 8.31. The van der Waals surface area contributed by atoms with Gasteiger partial charge in [0.15, 0.2) is 25.5 Å². The maximum atomic E-state index is 14.5. The fraction of sp³-hybridized carbons (Fsp3) is 0.500. The summed E-state index contributed by atoms with van der Waals surface area (Å²) in [5.74, 6) is -3.60. The number of benzene rings is 2. The van der Waals surface area contributed by atoms with Gasteiger partial charge in [0.1, 0.15) is 11.4 Å². The molecule has 2 atom stereocenters. The topological polar surface area (TPSA) is 191 Å². The second-order valence-electron chi connectivity index (χ2n) is 12.6. The number of sulfone groups is 2. The van der Waals surface area contributed by atoms with E-state index in [1.807, 2.05) is 0 Å². The van der Waals surface area contributed by atoms with Crippen molar-refractivity contribution in [2.45, 2.75) is 56.7 Å². The first-order valence-electron chi connectivity index (χ1n) is 14.8. The van der Waals surface area contributed by atoms with E-state index in [9.17, 15) is 39.6 Å². The average molecular weight is 714 g/mol. The number of amides is 1. The number of Topliss-reactive ketones (excluding diaryl/α,β-unsaturated/α-hetero) is 1. The highest BCUT2D eigenvalue weighted by Gasteiger charge is 2.57. The molecule has 0 radical (unpaired) electrons. The summed E-state index contributed by atoms with van der Waals surface area (Å²) >= 11 is 0. The van der Waals surface area contributed by atoms with Gasteiger partial charge in [0.25, 0.3) is 10.0 Å². The van der Waals surface area contributed by atoms with E-state index >= 15 is 0 Å². The fourth-order valence-corrected chi connectivity index (χ4v) is 9.43. The summed E-state index contributed by atoms with van der Waals surface area (Å²) in [6.07, 6.45) is -0.810. The molecule has 1 unspecified atom stereocenters. The van der Waals surface area contributed by atoms with Crippen molar-refractivity contribution in [2.75, 3.05) is 47.0 Å². The molecule has 2 saturated heterocycles. The Kier molecular flexibility index (Phi) is 10.2. The Hall–Kier alpha value is -3.54. The minimum absolute atomic E-state index is 0.0230. The van der Waals surface area contributed by atoms with Crippen molar-refractivity contribution < 1.29 is 49.1 Å². The minimum Gasteiger partial charge on any atom is -0.458 e. The molecule has 2 fully saturated rings. The van der Waals surface area contributed by atoms with Crippen molar-refractivity contribution in [2.24, 2.45) is 0 Å². The minimum atomic E-state index is -4.74. The first-order valence-corrected chi connectivity index (χ1v) is 19.8. The number of carbonyl (C=O) groups is 3. The first kappa shape index (κ1) is 36.3. The van der Waals surface area contributed by atoms with Gasteiger partial charge in [-0.05, 0) is 71.0 Å². The molecular weight excluding hydrogens is 675 g/mol. The van der Waals surface area contributed by atoms with E-state index < -0.39 is 70.5 Å². The van der Waals surface area contributed by atoms with Gasteiger partial charge in [0.2, 0.25) is 5.54 Å². The van der Waals surface area contributed by atoms with E-state index in [-0.39, 0.29) is 53.2 Å². The number of aryl methyl sites for hydroxylation is 1. The van der Waals surface area contributed by atoms with Crippen LogP contribution in [-0.4, -0.2) is 108 Å². The largest absolute Gasteiger partial charge is 0.458 e. The molecule has 0 spiro atoms. The summed E-state index contributed by atoms with van der Waals surface area (Å²) in [6.45, 7) is 7.26. The number of nitrogens with zero attached hydrogens (tertiary/aromatic N) is 2. The normalized spacial score (nSPS) is 20.8. The molecule has 0 aliphatic carbocycles. The Morgan fingerprint density at radius 1 is 0.872 bits per heavy atom. The lowest BCUT2D eigenvalue weighted by Gasteiger charge is -2.42. The summed E-state index contributed by atoms with van der Waals surface area (Å²) < 4.78 is 89.2. The molecule has 0 aromatic heterocycles. The second kappa shape index (κ2) is 13.2. The lowest BCUT2D eigenvalue weighted by molar-refractivity contribution is -0.163. The molecule has 1 N–H and O–H groups in total. The van der Waals surface area contributed by atoms with Crippen LogP contribution in [0.1, 0.15) is 33.3 Å². The molecule has 2 aromatic rings. The number of sulfonamides is 1. The summed E-state index contributed by atoms with van der Waals surface area (Å²) in [5, 5.41) is 2.81. The molecule has 2 aliphatic rings. The van der Waals surface area contributed by atoms with E-state index in [1.54, 1.807) is 39.8 Å². The van der Waals surface area contributed by atoms with Crippen LogP contribution in [0.2, 0.25) is 0 Å². The van der Waals surface area contributed by atoms with Gasteiger partial charge >= 0.3 is 12.1 Å². The van der Waals surface area contributed by atoms with Gasteiger partial charge in [0.05, 0.1) is 39.6 Å². The number of nitrogens with one attached hydrogen (secondary N) is 1. The molecule has 2 heterocycles. The summed E-state index contributed by atoms with van der Waals surface area (Å²) in [7, 11) is -11.7. The van der Waals surface area contributed by atoms with E-state index in [4.69, 9.17) is 9.47 Å². The molecule has 14 nitrogen and oxygen atoms in total. The van der Waals surface area contributed by atoms with Crippen LogP contribution in [0.4, 0.5) is 10.5 Å². The highest BCUT2D eigenvalue weighted by atomic mass is 32.2. The summed E-state index contributed by atoms with van der Waals surface area (Å²) in [4.78, 5) is 42.1. The Morgan fingerprint density at radius 3 is 1.98 bits per heavy atom. The predicted molar refractivity (Wildman–Crippen MR) is 173 cm³/mol. The van der Waals surface area contributed by atoms with Crippen LogP contribution >= 0.6 is 0 Å². The number of ketones is 1. The molecular formula is C30H39N3O11S3. The van der Waals surface area contributed by atoms with E-state index in [0.29, 0.717) is 4.31 Å². The maximum Gasteiger partial charge on any atom is 0.415 e. The van der Waals surface area contributed by atoms with E-state index in [1.165, 1.54) is 41.3 Å². The van der Waals surface area contributed by atoms with Gasteiger partial charge < -0.3 is 19.7 Å². The smallest absolute Gasteiger partial charge is 0.415 e. The molecule has 2 aromatic carbocycles. The maximum absolute atomic E-state index is 14.5. The summed E-state index contributed by atoms with van der Waals surface area (Å²) in [5.41, 5.74) is -3.24. The Labute approximate surface area is 275 Å². The quantitative estimate of drug-likeness (QED) is 0.307. The SMILES string of the molecule is Cc1ccc(S(=O)(=O)N(c2ccc(OC(=O)N3CCS(=O)(=O)CC3)cc2)[C@@](C)(C(=O)OC(C)(C)C)C(=O)C2CS(=O)(=O)CCN2)cc1. The zero-order valence-electron chi connectivity index (χ0n) is 26.8. The zero-order chi connectivity index (χ0) is 35.0. The number of anilines is 1. The van der Waals surface area contributed by atoms with Crippen LogP contribution in [0.25, 0.3) is 0 Å². The molecule has 0 saturated carbocycles. The Bertz CT molecular complexity index is 1840. The number of hydrogen-bond donors (Lipinski definition) is 1. The summed E-state index contributed by atoms with van der Waals surface area (Å²) in [6, 6.07) is 9.26. The van der Waals surface area contributed by atoms with Crippen molar-refractivity contribution in [3.63, 3.8) is 0 Å². The molecule has 1 amide bonds. The fourth-order valence-electron chi connectivity index (χ4n) is 5.12. The van der Waals surface area contributed by atoms with E-state index in [2.05, 4.69) is 5.32 Å². The van der Waals surface area contributed by atoms with Crippen LogP contribution in [0.5, 0.6) is 5.75 Å². The predicted octanol–water partition coefficient (Wildman–Crippen LogP) is 1.48. The molecule has 4 rings (SSSR count). The number of ether oxygens (including phenoxy) is 2. The van der Waals surface area contributed by atoms with Crippen molar-refractivity contribution >= 4 is 53.2 Å². The highest BCUT2D eigenvalue weighted by molar-refractivity contribution is 7.93. The van der Waals surface area contributed by atoms with Crippen LogP contribution in [0, 0.1) is 6.92 Å². The average Bonchev–Trinajstić information content (AvgIpc) is 2.96. The number of hydrogen-bond acceptors (Lipinski definition) is 12. The highest BCUT2D eigenvalue weighted by Crippen LogP contribution is 2.36. The molecule has 0 bridgehead atoms. The molecule has 258 valence electrons. The molecule has 2 aliphatic heterocycles. The van der Waals surface area contributed by atoms with Gasteiger partial charge in [0, 0.05) is 19.6 Å². The number of esters is 1. The van der Waals surface area contributed by atoms with Gasteiger partial charge in [-0.25, -0.2) is 39.1 Å². The Morgan fingerprint density at radius 2 is 1.45 bits per heavy atom. The monoisotopic (exact) mass is 713 g/mol. The second-order valence-corrected chi connectivity index (χ2v) is 19.0. The molecule has 17 heteroatoms. The third-order valence-electron chi connectivity index (χ3n) is 7.66. The number of carbonyl (C=O) groups excluding carboxylic acids is 3. The molecule has 47 heavy (non-hydrogen) atoms. The third-order valence-corrected chi connectivity index (χ3v) is 12.9. The van der Waals surface area contributed by atoms with Crippen molar-refractivity contribution in [1.82, 2.24) is 10.2 Å². The van der Waals surface area contributed by atoms with Crippen molar-refractivity contribution in [1.29, 1.82) is 0 Å². The van der Waals surface area contributed by atoms with Crippen LogP contribution < -0.4 is 14.4 Å². The van der Waals surface area contributed by atoms with Gasteiger partial charge in [-0.15, -0.1) is 0 Å². The van der Waals surface area contributed by atoms with Crippen LogP contribution in [0.3, 0.4) is 0 Å². The van der Waals surface area contributed by atoms with Crippen LogP contribution in [0.15, 0.2) is 53.4 Å². The van der Waals surface area contributed by atoms with Gasteiger partial charge in [-0.2, -0.15) is 0 Å². The van der Waals surface area contributed by atoms with Crippen LogP contribution in [-0.2, 0) is 44.0 Å². The van der Waals surface area contributed by atoms with Gasteiger partial charge in [-0.1, -0.05) is 17.7 Å². The standard InChI is InChI=1S/C30H39N3O11S3/c1-21-6-12-24(13-7-21)47(41,42)33(22-8-10-23(11-9-22)43-28(36)32-15-18-45(37,38)19-16-32)30(5,27(35)44-29(2,3)4)26(34)25-20-46(39,40)17-14-31-25/h6-13,25,31H,14-20H2,1-5H3/t25?,30-/m1/s1. The number of rotatable bonds is 8. The van der Waals surface area contributed by atoms with Crippen molar-refractivity contribution in [3.05, 3.63) is 54.1 Å². The zero-order valence-corrected chi connectivity index (χ0v) is 29.2. The lowest BCUT2D eigenvalue weighted by atomic mass is 9.90. The first-order chi connectivity index (χ1) is 21.6. The van der Waals surface area contributed by atoms with E-state index in [0.717, 1.165) is 12.5 Å². The van der Waals surface area contributed by atoms with Crippen molar-refractivity contribution in [3.8, 4) is 5.75 Å². The lowest BCUT2D eigenvalue weighted by Crippen LogP contribution is -2.67. The van der Waals surface area contributed by atoms with Gasteiger partial charge in [-0.3, -0.25) is 4.79 Å². The Balaban J connectivity index is 1.82.